The number of unbranched alkanes of at least 4 members (excludes halogenated alkanes) is 9. The van der Waals surface area contributed by atoms with Crippen molar-refractivity contribution >= 4 is 10.1 Å². The van der Waals surface area contributed by atoms with Gasteiger partial charge in [-0.3, -0.25) is 4.55 Å². The highest BCUT2D eigenvalue weighted by molar-refractivity contribution is 7.86. The molecule has 0 rings (SSSR count). The summed E-state index contributed by atoms with van der Waals surface area (Å²) in [7, 11) is -4.48. The third kappa shape index (κ3) is 11.0. The first-order valence-corrected chi connectivity index (χ1v) is 8.59. The fraction of sp³-hybridized carbons (Fsp3) is 1.00. The van der Waals surface area contributed by atoms with Crippen molar-refractivity contribution in [1.29, 1.82) is 0 Å². The van der Waals surface area contributed by atoms with Crippen LogP contribution in [0, 0.1) is 0 Å². The van der Waals surface area contributed by atoms with Crippen LogP contribution in [0.5, 0.6) is 0 Å². The van der Waals surface area contributed by atoms with Crippen molar-refractivity contribution in [2.75, 3.05) is 0 Å². The van der Waals surface area contributed by atoms with Crippen LogP contribution in [0.1, 0.15) is 77.6 Å². The molecule has 0 fully saturated rings. The van der Waals surface area contributed by atoms with Crippen LogP contribution in [0.3, 0.4) is 0 Å². The third-order valence-corrected chi connectivity index (χ3v) is 3.99. The van der Waals surface area contributed by atoms with Gasteiger partial charge in [0.1, 0.15) is 0 Å². The topological polar surface area (TPSA) is 54.4 Å². The lowest BCUT2D eigenvalue weighted by Crippen LogP contribution is -2.14. The molecule has 0 aliphatic carbocycles. The predicted molar refractivity (Wildman–Crippen MR) is 72.9 cm³/mol. The van der Waals surface area contributed by atoms with Crippen molar-refractivity contribution in [3.05, 3.63) is 0 Å². The Morgan fingerprint density at radius 3 is 1.67 bits per heavy atom. The molecule has 0 radical (unpaired) electrons. The van der Waals surface area contributed by atoms with Gasteiger partial charge in [-0.15, -0.1) is 0 Å². The molecule has 0 aliphatic rings. The van der Waals surface area contributed by atoms with Gasteiger partial charge in [0.2, 0.25) is 5.50 Å². The van der Waals surface area contributed by atoms with Crippen LogP contribution in [0.2, 0.25) is 0 Å². The van der Waals surface area contributed by atoms with Crippen molar-refractivity contribution in [3.8, 4) is 0 Å². The summed E-state index contributed by atoms with van der Waals surface area (Å²) in [6.07, 6.45) is 11.1. The summed E-state index contributed by atoms with van der Waals surface area (Å²) in [6, 6.07) is 0. The normalized spacial score (nSPS) is 13.7. The minimum atomic E-state index is -4.48. The van der Waals surface area contributed by atoms with Gasteiger partial charge in [-0.1, -0.05) is 64.7 Å². The Morgan fingerprint density at radius 1 is 0.889 bits per heavy atom. The van der Waals surface area contributed by atoms with E-state index in [9.17, 15) is 12.8 Å². The van der Waals surface area contributed by atoms with Crippen LogP contribution >= 0.6 is 0 Å². The molecular weight excluding hydrogens is 255 g/mol. The van der Waals surface area contributed by atoms with Gasteiger partial charge in [0.15, 0.2) is 0 Å². The molecule has 1 atom stereocenters. The van der Waals surface area contributed by atoms with Crippen molar-refractivity contribution in [2.24, 2.45) is 0 Å². The molecule has 0 aromatic rings. The van der Waals surface area contributed by atoms with E-state index in [-0.39, 0.29) is 6.42 Å². The quantitative estimate of drug-likeness (QED) is 0.424. The van der Waals surface area contributed by atoms with Crippen molar-refractivity contribution in [1.82, 2.24) is 0 Å². The highest BCUT2D eigenvalue weighted by Gasteiger charge is 2.20. The van der Waals surface area contributed by atoms with Crippen LogP contribution in [0.15, 0.2) is 0 Å². The molecule has 110 valence electrons. The standard InChI is InChI=1S/C13H27FO3S/c1-2-3-4-5-6-7-8-9-10-11-12-13(14)18(15,16)17/h13H,2-12H2,1H3,(H,15,16,17). The minimum Gasteiger partial charge on any atom is -0.283 e. The highest BCUT2D eigenvalue weighted by Crippen LogP contribution is 2.14. The number of halogens is 1. The summed E-state index contributed by atoms with van der Waals surface area (Å²) < 4.78 is 42.1. The molecule has 1 unspecified atom stereocenters. The first-order valence-electron chi connectivity index (χ1n) is 7.09. The number of rotatable bonds is 12. The summed E-state index contributed by atoms with van der Waals surface area (Å²) in [4.78, 5) is 0. The summed E-state index contributed by atoms with van der Waals surface area (Å²) in [5, 5.41) is 0. The van der Waals surface area contributed by atoms with Gasteiger partial charge in [0, 0.05) is 0 Å². The van der Waals surface area contributed by atoms with E-state index in [1.54, 1.807) is 0 Å². The molecule has 0 aromatic carbocycles. The predicted octanol–water partition coefficient (Wildman–Crippen LogP) is 4.48. The summed E-state index contributed by atoms with van der Waals surface area (Å²) in [5.41, 5.74) is -2.11. The average Bonchev–Trinajstić information content (AvgIpc) is 2.30. The Labute approximate surface area is 111 Å². The molecule has 3 nitrogen and oxygen atoms in total. The van der Waals surface area contributed by atoms with E-state index in [0.29, 0.717) is 6.42 Å². The second kappa shape index (κ2) is 10.7. The van der Waals surface area contributed by atoms with Gasteiger partial charge < -0.3 is 0 Å². The molecule has 1 N–H and O–H groups in total. The molecule has 0 aromatic heterocycles. The largest absolute Gasteiger partial charge is 0.297 e. The maximum Gasteiger partial charge on any atom is 0.297 e. The van der Waals surface area contributed by atoms with Gasteiger partial charge in [-0.2, -0.15) is 8.42 Å². The van der Waals surface area contributed by atoms with Gasteiger partial charge in [-0.25, -0.2) is 4.39 Å². The first kappa shape index (κ1) is 17.8. The molecule has 0 bridgehead atoms. The van der Waals surface area contributed by atoms with Gasteiger partial charge in [-0.05, 0) is 12.8 Å². The van der Waals surface area contributed by atoms with E-state index in [2.05, 4.69) is 6.92 Å². The second-order valence-corrected chi connectivity index (χ2v) is 6.44. The lowest BCUT2D eigenvalue weighted by Gasteiger charge is -2.04. The van der Waals surface area contributed by atoms with E-state index in [1.165, 1.54) is 38.5 Å². The SMILES string of the molecule is CCCCCCCCCCCCC(F)S(=O)(=O)O. The average molecular weight is 282 g/mol. The van der Waals surface area contributed by atoms with E-state index in [1.807, 2.05) is 0 Å². The lowest BCUT2D eigenvalue weighted by molar-refractivity contribution is 0.349. The Morgan fingerprint density at radius 2 is 1.28 bits per heavy atom. The van der Waals surface area contributed by atoms with E-state index >= 15 is 0 Å². The van der Waals surface area contributed by atoms with E-state index < -0.39 is 15.6 Å². The van der Waals surface area contributed by atoms with Crippen molar-refractivity contribution < 1.29 is 17.4 Å². The smallest absolute Gasteiger partial charge is 0.283 e. The zero-order chi connectivity index (χ0) is 13.9. The summed E-state index contributed by atoms with van der Waals surface area (Å²) >= 11 is 0. The monoisotopic (exact) mass is 282 g/mol. The molecule has 5 heteroatoms. The fourth-order valence-corrected chi connectivity index (χ4v) is 2.41. The summed E-state index contributed by atoms with van der Waals surface area (Å²) in [6.45, 7) is 2.20. The minimum absolute atomic E-state index is 0.0880. The lowest BCUT2D eigenvalue weighted by atomic mass is 10.1. The van der Waals surface area contributed by atoms with Crippen molar-refractivity contribution in [2.45, 2.75) is 83.1 Å². The molecule has 0 saturated carbocycles. The number of hydrogen-bond donors (Lipinski definition) is 1. The maximum atomic E-state index is 12.8. The maximum absolute atomic E-state index is 12.8. The highest BCUT2D eigenvalue weighted by atomic mass is 32.2. The van der Waals surface area contributed by atoms with Crippen LogP contribution in [-0.2, 0) is 10.1 Å². The van der Waals surface area contributed by atoms with Crippen LogP contribution in [0.4, 0.5) is 4.39 Å². The van der Waals surface area contributed by atoms with Gasteiger partial charge in [0.05, 0.1) is 0 Å². The van der Waals surface area contributed by atoms with Gasteiger partial charge >= 0.3 is 0 Å². The second-order valence-electron chi connectivity index (χ2n) is 4.90. The van der Waals surface area contributed by atoms with Gasteiger partial charge in [0.25, 0.3) is 10.1 Å². The fourth-order valence-electron chi connectivity index (χ4n) is 1.94. The number of alkyl halides is 1. The molecule has 0 heterocycles. The van der Waals surface area contributed by atoms with Crippen LogP contribution in [-0.4, -0.2) is 18.5 Å². The van der Waals surface area contributed by atoms with E-state index in [4.69, 9.17) is 4.55 Å². The van der Waals surface area contributed by atoms with Crippen molar-refractivity contribution in [3.63, 3.8) is 0 Å². The van der Waals surface area contributed by atoms with E-state index in [0.717, 1.165) is 19.3 Å². The molecule has 0 spiro atoms. The Bertz CT molecular complexity index is 278. The van der Waals surface area contributed by atoms with Crippen LogP contribution in [0.25, 0.3) is 0 Å². The molecule has 0 saturated heterocycles. The zero-order valence-corrected chi connectivity index (χ0v) is 12.2. The third-order valence-electron chi connectivity index (χ3n) is 3.11. The molecule has 0 amide bonds. The molecular formula is C13H27FO3S. The Hall–Kier alpha value is -0.160. The molecule has 0 aliphatic heterocycles. The first-order chi connectivity index (χ1) is 8.48. The summed E-state index contributed by atoms with van der Waals surface area (Å²) in [5.74, 6) is 0. The van der Waals surface area contributed by atoms with Crippen LogP contribution < -0.4 is 0 Å². The Kier molecular flexibility index (Phi) is 10.6. The Balaban J connectivity index is 3.22. The zero-order valence-electron chi connectivity index (χ0n) is 11.4. The molecule has 18 heavy (non-hydrogen) atoms. The number of hydrogen-bond acceptors (Lipinski definition) is 2.